The lowest BCUT2D eigenvalue weighted by atomic mass is 10.3. The topological polar surface area (TPSA) is 98.0 Å². The molecule has 0 aliphatic rings. The number of aromatic nitrogens is 2. The number of halogens is 3. The van der Waals surface area contributed by atoms with Gasteiger partial charge in [0.05, 0.1) is 0 Å². The molecule has 0 aliphatic carbocycles. The summed E-state index contributed by atoms with van der Waals surface area (Å²) in [6.45, 7) is 0. The Morgan fingerprint density at radius 3 is 2.75 bits per heavy atom. The molecule has 0 fully saturated rings. The smallest absolute Gasteiger partial charge is 0.266 e. The highest BCUT2D eigenvalue weighted by atomic mass is 79.9. The number of nitrogens with two attached hydrogens (primary N) is 1. The van der Waals surface area contributed by atoms with Gasteiger partial charge in [0, 0.05) is 16.4 Å². The second-order valence-corrected chi connectivity index (χ2v) is 6.46. The third-order valence-electron chi connectivity index (χ3n) is 2.21. The molecule has 106 valence electrons. The van der Waals surface area contributed by atoms with Gasteiger partial charge in [0.15, 0.2) is 0 Å². The fourth-order valence-corrected chi connectivity index (χ4v) is 2.89. The van der Waals surface area contributed by atoms with Crippen LogP contribution in [0.4, 0.5) is 15.9 Å². The van der Waals surface area contributed by atoms with Crippen LogP contribution in [0.3, 0.4) is 0 Å². The Kier molecular flexibility index (Phi) is 4.11. The molecule has 1 heterocycles. The van der Waals surface area contributed by atoms with Crippen molar-refractivity contribution in [1.29, 1.82) is 0 Å². The molecule has 0 radical (unpaired) electrons. The molecule has 0 atom stereocenters. The van der Waals surface area contributed by atoms with Crippen molar-refractivity contribution in [3.63, 3.8) is 0 Å². The van der Waals surface area contributed by atoms with E-state index in [0.29, 0.717) is 0 Å². The molecule has 6 nitrogen and oxygen atoms in total. The lowest BCUT2D eigenvalue weighted by molar-refractivity contribution is 0.570. The van der Waals surface area contributed by atoms with E-state index < -0.39 is 20.7 Å². The van der Waals surface area contributed by atoms with Crippen molar-refractivity contribution in [1.82, 2.24) is 9.97 Å². The van der Waals surface area contributed by atoms with E-state index in [0.717, 1.165) is 12.1 Å². The summed E-state index contributed by atoms with van der Waals surface area (Å²) in [7, 11) is -4.17. The fourth-order valence-electron chi connectivity index (χ4n) is 1.34. The summed E-state index contributed by atoms with van der Waals surface area (Å²) in [5, 5.41) is -0.138. The van der Waals surface area contributed by atoms with E-state index in [-0.39, 0.29) is 21.3 Å². The number of nitrogen functional groups attached to an aromatic ring is 1. The third kappa shape index (κ3) is 3.17. The summed E-state index contributed by atoms with van der Waals surface area (Å²) in [4.78, 5) is 6.67. The molecule has 2 rings (SSSR count). The SMILES string of the molecule is Nc1cc(S(=O)(=O)Nc2ccnc(Cl)n2)c(F)cc1Br. The van der Waals surface area contributed by atoms with Gasteiger partial charge in [0.2, 0.25) is 5.28 Å². The van der Waals surface area contributed by atoms with Crippen molar-refractivity contribution in [2.75, 3.05) is 10.5 Å². The minimum absolute atomic E-state index is 0.0779. The number of anilines is 2. The standard InChI is InChI=1S/C10H7BrClFN4O2S/c11-5-3-6(13)8(4-7(5)14)20(18,19)17-9-1-2-15-10(12)16-9/h1-4H,14H2,(H,15,16,17). The highest BCUT2D eigenvalue weighted by Crippen LogP contribution is 2.27. The van der Waals surface area contributed by atoms with Crippen molar-refractivity contribution in [2.45, 2.75) is 4.90 Å². The van der Waals surface area contributed by atoms with Gasteiger partial charge in [-0.25, -0.2) is 17.8 Å². The number of hydrogen-bond donors (Lipinski definition) is 2. The predicted molar refractivity (Wildman–Crippen MR) is 76.4 cm³/mol. The molecule has 0 unspecified atom stereocenters. The molecule has 10 heteroatoms. The molecule has 0 amide bonds. The first-order valence-electron chi connectivity index (χ1n) is 5.05. The maximum Gasteiger partial charge on any atom is 0.266 e. The molecular formula is C10H7BrClFN4O2S. The molecule has 0 bridgehead atoms. The Hall–Kier alpha value is -1.45. The summed E-state index contributed by atoms with van der Waals surface area (Å²) in [6.07, 6.45) is 1.26. The molecule has 1 aromatic heterocycles. The van der Waals surface area contributed by atoms with Gasteiger partial charge in [-0.3, -0.25) is 4.72 Å². The first-order chi connectivity index (χ1) is 9.29. The summed E-state index contributed by atoms with van der Waals surface area (Å²) in [5.41, 5.74) is 5.64. The Morgan fingerprint density at radius 1 is 1.40 bits per heavy atom. The summed E-state index contributed by atoms with van der Waals surface area (Å²) in [5.74, 6) is -1.02. The van der Waals surface area contributed by atoms with Gasteiger partial charge in [-0.05, 0) is 45.7 Å². The summed E-state index contributed by atoms with van der Waals surface area (Å²) < 4.78 is 40.2. The van der Waals surface area contributed by atoms with Gasteiger partial charge in [-0.1, -0.05) is 0 Å². The average molecular weight is 382 g/mol. The van der Waals surface area contributed by atoms with Crippen molar-refractivity contribution in [3.8, 4) is 0 Å². The zero-order valence-electron chi connectivity index (χ0n) is 9.64. The minimum atomic E-state index is -4.17. The van der Waals surface area contributed by atoms with Gasteiger partial charge >= 0.3 is 0 Å². The number of nitrogens with one attached hydrogen (secondary N) is 1. The average Bonchev–Trinajstić information content (AvgIpc) is 2.33. The molecule has 0 saturated carbocycles. The van der Waals surface area contributed by atoms with Gasteiger partial charge in [0.25, 0.3) is 10.0 Å². The number of sulfonamides is 1. The number of benzene rings is 1. The lowest BCUT2D eigenvalue weighted by Gasteiger charge is -2.09. The van der Waals surface area contributed by atoms with Crippen molar-refractivity contribution < 1.29 is 12.8 Å². The zero-order chi connectivity index (χ0) is 14.9. The molecule has 0 aliphatic heterocycles. The van der Waals surface area contributed by atoms with E-state index in [9.17, 15) is 12.8 Å². The van der Waals surface area contributed by atoms with E-state index in [4.69, 9.17) is 17.3 Å². The molecule has 0 spiro atoms. The Balaban J connectivity index is 2.43. The van der Waals surface area contributed by atoms with Crippen LogP contribution >= 0.6 is 27.5 Å². The number of hydrogen-bond acceptors (Lipinski definition) is 5. The van der Waals surface area contributed by atoms with Crippen LogP contribution in [0, 0.1) is 5.82 Å². The number of nitrogens with zero attached hydrogens (tertiary/aromatic N) is 2. The minimum Gasteiger partial charge on any atom is -0.398 e. The van der Waals surface area contributed by atoms with Crippen molar-refractivity contribution in [3.05, 3.63) is 40.0 Å². The van der Waals surface area contributed by atoms with E-state index in [2.05, 4.69) is 30.6 Å². The second-order valence-electron chi connectivity index (χ2n) is 3.62. The van der Waals surface area contributed by atoms with Gasteiger partial charge in [-0.15, -0.1) is 0 Å². The third-order valence-corrected chi connectivity index (χ3v) is 4.44. The normalized spacial score (nSPS) is 11.3. The Bertz CT molecular complexity index is 772. The van der Waals surface area contributed by atoms with E-state index >= 15 is 0 Å². The largest absolute Gasteiger partial charge is 0.398 e. The van der Waals surface area contributed by atoms with Crippen LogP contribution in [0.25, 0.3) is 0 Å². The number of rotatable bonds is 3. The maximum absolute atomic E-state index is 13.7. The Morgan fingerprint density at radius 2 is 2.10 bits per heavy atom. The van der Waals surface area contributed by atoms with Crippen LogP contribution in [0.5, 0.6) is 0 Å². The fraction of sp³-hybridized carbons (Fsp3) is 0. The highest BCUT2D eigenvalue weighted by molar-refractivity contribution is 9.10. The van der Waals surface area contributed by atoms with Crippen LogP contribution < -0.4 is 10.5 Å². The predicted octanol–water partition coefficient (Wildman–Crippen LogP) is 2.41. The van der Waals surface area contributed by atoms with Crippen LogP contribution in [-0.4, -0.2) is 18.4 Å². The highest BCUT2D eigenvalue weighted by Gasteiger charge is 2.21. The quantitative estimate of drug-likeness (QED) is 0.628. The molecular weight excluding hydrogens is 375 g/mol. The Labute approximate surface area is 127 Å². The molecule has 20 heavy (non-hydrogen) atoms. The van der Waals surface area contributed by atoms with E-state index in [1.54, 1.807) is 0 Å². The second kappa shape index (κ2) is 5.51. The maximum atomic E-state index is 13.7. The molecule has 3 N–H and O–H groups in total. The van der Waals surface area contributed by atoms with Crippen LogP contribution in [0.1, 0.15) is 0 Å². The molecule has 0 saturated heterocycles. The lowest BCUT2D eigenvalue weighted by Crippen LogP contribution is -2.16. The van der Waals surface area contributed by atoms with E-state index in [1.165, 1.54) is 12.3 Å². The van der Waals surface area contributed by atoms with Gasteiger partial charge in [0.1, 0.15) is 16.5 Å². The van der Waals surface area contributed by atoms with Crippen molar-refractivity contribution >= 4 is 49.1 Å². The van der Waals surface area contributed by atoms with Crippen LogP contribution in [-0.2, 0) is 10.0 Å². The zero-order valence-corrected chi connectivity index (χ0v) is 12.8. The monoisotopic (exact) mass is 380 g/mol. The van der Waals surface area contributed by atoms with Crippen LogP contribution in [0.2, 0.25) is 5.28 Å². The first-order valence-corrected chi connectivity index (χ1v) is 7.71. The summed E-state index contributed by atoms with van der Waals surface area (Å²) >= 11 is 8.54. The van der Waals surface area contributed by atoms with Crippen LogP contribution in [0.15, 0.2) is 33.8 Å². The van der Waals surface area contributed by atoms with Gasteiger partial charge in [-0.2, -0.15) is 4.98 Å². The van der Waals surface area contributed by atoms with Gasteiger partial charge < -0.3 is 5.73 Å². The first kappa shape index (κ1) is 14.9. The molecule has 2 aromatic rings. The van der Waals surface area contributed by atoms with E-state index in [1.807, 2.05) is 0 Å². The van der Waals surface area contributed by atoms with Crippen molar-refractivity contribution in [2.24, 2.45) is 0 Å². The molecule has 1 aromatic carbocycles. The summed E-state index contributed by atoms with van der Waals surface area (Å²) in [6, 6.07) is 3.25.